The molecule has 1 N–H and O–H groups in total. The highest BCUT2D eigenvalue weighted by atomic mass is 79.9. The Labute approximate surface area is 111 Å². The van der Waals surface area contributed by atoms with Gasteiger partial charge in [-0.2, -0.15) is 0 Å². The van der Waals surface area contributed by atoms with Gasteiger partial charge >= 0.3 is 0 Å². The van der Waals surface area contributed by atoms with Crippen LogP contribution in [0.3, 0.4) is 0 Å². The molecule has 0 fully saturated rings. The number of thiophene rings is 1. The Balaban J connectivity index is 2.02. The number of aryl methyl sites for hydroxylation is 1. The third-order valence-electron chi connectivity index (χ3n) is 2.29. The van der Waals surface area contributed by atoms with Crippen LogP contribution in [-0.4, -0.2) is 16.1 Å². The molecule has 0 unspecified atom stereocenters. The van der Waals surface area contributed by atoms with Gasteiger partial charge in [0.2, 0.25) is 0 Å². The average Bonchev–Trinajstić information content (AvgIpc) is 2.78. The summed E-state index contributed by atoms with van der Waals surface area (Å²) < 4.78 is 2.16. The Bertz CT molecular complexity index is 550. The zero-order valence-corrected chi connectivity index (χ0v) is 11.7. The van der Waals surface area contributed by atoms with E-state index in [0.29, 0.717) is 17.0 Å². The predicted molar refractivity (Wildman–Crippen MR) is 73.7 cm³/mol. The molecule has 0 aliphatic carbocycles. The van der Waals surface area contributed by atoms with Crippen molar-refractivity contribution in [2.45, 2.75) is 6.42 Å². The van der Waals surface area contributed by atoms with Gasteiger partial charge in [-0.3, -0.25) is 4.79 Å². The molecule has 0 spiro atoms. The van der Waals surface area contributed by atoms with E-state index in [-0.39, 0.29) is 5.56 Å². The highest BCUT2D eigenvalue weighted by Gasteiger charge is 2.04. The van der Waals surface area contributed by atoms with Gasteiger partial charge in [-0.25, -0.2) is 4.98 Å². The van der Waals surface area contributed by atoms with Crippen LogP contribution in [0.1, 0.15) is 4.88 Å². The summed E-state index contributed by atoms with van der Waals surface area (Å²) in [4.78, 5) is 17.2. The van der Waals surface area contributed by atoms with Gasteiger partial charge in [0.05, 0.1) is 0 Å². The highest BCUT2D eigenvalue weighted by Crippen LogP contribution is 2.09. The zero-order valence-electron chi connectivity index (χ0n) is 9.31. The number of hydrogen-bond acceptors (Lipinski definition) is 4. The summed E-state index contributed by atoms with van der Waals surface area (Å²) in [7, 11) is 1.71. The lowest BCUT2D eigenvalue weighted by atomic mass is 10.3. The fourth-order valence-electron chi connectivity index (χ4n) is 1.44. The molecular formula is C11H12BrN3OS. The molecule has 0 saturated carbocycles. The summed E-state index contributed by atoms with van der Waals surface area (Å²) in [5.74, 6) is 0.387. The van der Waals surface area contributed by atoms with Gasteiger partial charge in [0.1, 0.15) is 4.60 Å². The van der Waals surface area contributed by atoms with Crippen LogP contribution in [0, 0.1) is 0 Å². The van der Waals surface area contributed by atoms with Crippen LogP contribution in [0.25, 0.3) is 0 Å². The third-order valence-corrected chi connectivity index (χ3v) is 3.60. The van der Waals surface area contributed by atoms with Gasteiger partial charge in [0.25, 0.3) is 5.56 Å². The molecule has 0 aromatic carbocycles. The van der Waals surface area contributed by atoms with Crippen molar-refractivity contribution in [1.29, 1.82) is 0 Å². The summed E-state index contributed by atoms with van der Waals surface area (Å²) in [5.41, 5.74) is -0.112. The average molecular weight is 314 g/mol. The van der Waals surface area contributed by atoms with Crippen LogP contribution in [0.5, 0.6) is 0 Å². The van der Waals surface area contributed by atoms with E-state index in [1.54, 1.807) is 24.6 Å². The van der Waals surface area contributed by atoms with Gasteiger partial charge in [0, 0.05) is 24.7 Å². The van der Waals surface area contributed by atoms with E-state index < -0.39 is 0 Å². The minimum Gasteiger partial charge on any atom is -0.365 e. The summed E-state index contributed by atoms with van der Waals surface area (Å²) >= 11 is 4.98. The van der Waals surface area contributed by atoms with Gasteiger partial charge in [-0.15, -0.1) is 11.3 Å². The molecule has 4 nitrogen and oxygen atoms in total. The summed E-state index contributed by atoms with van der Waals surface area (Å²) in [6.45, 7) is 0.708. The Morgan fingerprint density at radius 3 is 3.12 bits per heavy atom. The van der Waals surface area contributed by atoms with Crippen molar-refractivity contribution in [2.24, 2.45) is 7.05 Å². The number of anilines is 1. The van der Waals surface area contributed by atoms with Gasteiger partial charge in [-0.1, -0.05) is 6.07 Å². The topological polar surface area (TPSA) is 46.9 Å². The van der Waals surface area contributed by atoms with E-state index in [1.807, 2.05) is 11.4 Å². The van der Waals surface area contributed by atoms with Gasteiger partial charge < -0.3 is 9.88 Å². The Morgan fingerprint density at radius 1 is 1.59 bits per heavy atom. The van der Waals surface area contributed by atoms with Gasteiger partial charge in [0.15, 0.2) is 5.82 Å². The quantitative estimate of drug-likeness (QED) is 0.942. The molecule has 2 rings (SSSR count). The maximum atomic E-state index is 11.7. The van der Waals surface area contributed by atoms with E-state index in [1.165, 1.54) is 9.44 Å². The molecule has 2 heterocycles. The second kappa shape index (κ2) is 5.46. The second-order valence-electron chi connectivity index (χ2n) is 3.58. The lowest BCUT2D eigenvalue weighted by Gasteiger charge is -2.06. The molecule has 2 aromatic rings. The number of halogens is 1. The summed E-state index contributed by atoms with van der Waals surface area (Å²) in [5, 5.41) is 5.11. The highest BCUT2D eigenvalue weighted by molar-refractivity contribution is 9.10. The van der Waals surface area contributed by atoms with Crippen molar-refractivity contribution >= 4 is 33.1 Å². The van der Waals surface area contributed by atoms with Crippen LogP contribution < -0.4 is 10.9 Å². The maximum Gasteiger partial charge on any atom is 0.293 e. The normalized spacial score (nSPS) is 10.5. The second-order valence-corrected chi connectivity index (χ2v) is 5.43. The minimum atomic E-state index is -0.112. The van der Waals surface area contributed by atoms with E-state index >= 15 is 0 Å². The van der Waals surface area contributed by atoms with Crippen molar-refractivity contribution < 1.29 is 0 Å². The fourth-order valence-corrected chi connectivity index (χ4v) is 2.64. The van der Waals surface area contributed by atoms with Gasteiger partial charge in [-0.05, 0) is 33.8 Å². The van der Waals surface area contributed by atoms with Crippen molar-refractivity contribution in [3.05, 3.63) is 43.5 Å². The molecule has 17 heavy (non-hydrogen) atoms. The molecular weight excluding hydrogens is 302 g/mol. The molecule has 0 amide bonds. The largest absolute Gasteiger partial charge is 0.365 e. The van der Waals surface area contributed by atoms with Crippen molar-refractivity contribution in [2.75, 3.05) is 11.9 Å². The molecule has 0 aliphatic rings. The number of nitrogens with zero attached hydrogens (tertiary/aromatic N) is 2. The Hall–Kier alpha value is -1.14. The Morgan fingerprint density at radius 2 is 2.41 bits per heavy atom. The van der Waals surface area contributed by atoms with E-state index in [2.05, 4.69) is 32.3 Å². The first kappa shape index (κ1) is 12.3. The van der Waals surface area contributed by atoms with E-state index in [9.17, 15) is 4.79 Å². The minimum absolute atomic E-state index is 0.112. The van der Waals surface area contributed by atoms with Crippen molar-refractivity contribution in [1.82, 2.24) is 9.55 Å². The standard InChI is InChI=1S/C11H12BrN3OS/c1-15-7-9(12)14-10(11(15)16)13-5-4-8-3-2-6-17-8/h2-3,6-7H,4-5H2,1H3,(H,13,14). The number of nitrogens with one attached hydrogen (secondary N) is 1. The molecule has 0 saturated heterocycles. The summed E-state index contributed by atoms with van der Waals surface area (Å²) in [6.07, 6.45) is 2.54. The molecule has 0 aliphatic heterocycles. The van der Waals surface area contributed by atoms with Crippen molar-refractivity contribution in [3.8, 4) is 0 Å². The van der Waals surface area contributed by atoms with Crippen LogP contribution >= 0.6 is 27.3 Å². The number of rotatable bonds is 4. The van der Waals surface area contributed by atoms with Crippen LogP contribution in [0.15, 0.2) is 33.1 Å². The van der Waals surface area contributed by atoms with Crippen LogP contribution in [0.2, 0.25) is 0 Å². The van der Waals surface area contributed by atoms with E-state index in [4.69, 9.17) is 0 Å². The fraction of sp³-hybridized carbons (Fsp3) is 0.273. The first-order valence-electron chi connectivity index (χ1n) is 5.16. The lowest BCUT2D eigenvalue weighted by Crippen LogP contribution is -2.23. The Kier molecular flexibility index (Phi) is 3.96. The van der Waals surface area contributed by atoms with Crippen LogP contribution in [0.4, 0.5) is 5.82 Å². The molecule has 0 atom stereocenters. The van der Waals surface area contributed by atoms with Crippen LogP contribution in [-0.2, 0) is 13.5 Å². The first-order valence-corrected chi connectivity index (χ1v) is 6.83. The number of aromatic nitrogens is 2. The molecule has 6 heteroatoms. The first-order chi connectivity index (χ1) is 8.16. The summed E-state index contributed by atoms with van der Waals surface area (Å²) in [6, 6.07) is 4.11. The third kappa shape index (κ3) is 3.17. The lowest BCUT2D eigenvalue weighted by molar-refractivity contribution is 0.830. The number of hydrogen-bond donors (Lipinski definition) is 1. The molecule has 0 bridgehead atoms. The predicted octanol–water partition coefficient (Wildman–Crippen LogP) is 2.26. The van der Waals surface area contributed by atoms with Crippen molar-refractivity contribution in [3.63, 3.8) is 0 Å². The molecule has 0 radical (unpaired) electrons. The van der Waals surface area contributed by atoms with E-state index in [0.717, 1.165) is 6.42 Å². The molecule has 2 aromatic heterocycles. The molecule has 90 valence electrons. The zero-order chi connectivity index (χ0) is 12.3. The smallest absolute Gasteiger partial charge is 0.293 e. The maximum absolute atomic E-state index is 11.7. The monoisotopic (exact) mass is 313 g/mol. The SMILES string of the molecule is Cn1cc(Br)nc(NCCc2cccs2)c1=O.